The maximum absolute atomic E-state index is 13.6. The highest BCUT2D eigenvalue weighted by molar-refractivity contribution is 6.65. The largest absolute Gasteiger partial charge is 0.493 e. The molecule has 0 spiro atoms. The van der Waals surface area contributed by atoms with E-state index in [9.17, 15) is 19.7 Å². The molecule has 0 saturated heterocycles. The standard InChI is InChI=1S/C31H42BClO7/c1-7-19-13-22(26(33)25-20(19)15-39-32(25)37)38-16-24(35)40-23-14-29(5,8-2)28(36)18(4)31-11-9-17(3)30(23,6)27(31)21(34)10-12-31/h8,13,17-18,23,27-28,36-37H,2,7,9-12,14-16H2,1,3-6H3/t17-,18+,23-,27+,28+,29-,30+,31+/m1/s1. The van der Waals surface area contributed by atoms with Gasteiger partial charge in [-0.25, -0.2) is 4.79 Å². The Morgan fingerprint density at radius 3 is 2.73 bits per heavy atom. The average molecular weight is 573 g/mol. The van der Waals surface area contributed by atoms with Crippen LogP contribution < -0.4 is 10.2 Å². The number of carbonyl (C=O) groups is 2. The van der Waals surface area contributed by atoms with Crippen molar-refractivity contribution < 1.29 is 33.8 Å². The van der Waals surface area contributed by atoms with E-state index >= 15 is 0 Å². The van der Waals surface area contributed by atoms with Crippen molar-refractivity contribution in [1.82, 2.24) is 0 Å². The Kier molecular flexibility index (Phi) is 7.73. The van der Waals surface area contributed by atoms with Gasteiger partial charge in [0.15, 0.2) is 6.61 Å². The second-order valence-corrected chi connectivity index (χ2v) is 13.5. The van der Waals surface area contributed by atoms with E-state index in [1.165, 1.54) is 0 Å². The maximum atomic E-state index is 13.6. The lowest BCUT2D eigenvalue weighted by molar-refractivity contribution is -0.207. The molecule has 3 fully saturated rings. The molecule has 5 rings (SSSR count). The smallest absolute Gasteiger partial charge is 0.480 e. The number of aliphatic hydroxyl groups is 1. The molecule has 4 aliphatic rings. The lowest BCUT2D eigenvalue weighted by atomic mass is 9.44. The van der Waals surface area contributed by atoms with E-state index in [0.29, 0.717) is 30.5 Å². The molecule has 1 aliphatic heterocycles. The predicted molar refractivity (Wildman–Crippen MR) is 153 cm³/mol. The van der Waals surface area contributed by atoms with Crippen molar-refractivity contribution in [2.45, 2.75) is 92.0 Å². The minimum absolute atomic E-state index is 0.0900. The summed E-state index contributed by atoms with van der Waals surface area (Å²) in [5, 5.41) is 22.2. The molecular formula is C31H42BClO7. The number of fused-ring (bicyclic) bond motifs is 1. The lowest BCUT2D eigenvalue weighted by Gasteiger charge is -2.61. The predicted octanol–water partition coefficient (Wildman–Crippen LogP) is 4.41. The van der Waals surface area contributed by atoms with E-state index in [1.54, 1.807) is 12.1 Å². The van der Waals surface area contributed by atoms with E-state index in [1.807, 2.05) is 13.8 Å². The Bertz CT molecular complexity index is 1220. The van der Waals surface area contributed by atoms with Crippen molar-refractivity contribution in [3.8, 4) is 5.75 Å². The summed E-state index contributed by atoms with van der Waals surface area (Å²) in [5.41, 5.74) is 0.633. The van der Waals surface area contributed by atoms with Crippen molar-refractivity contribution in [2.75, 3.05) is 6.61 Å². The van der Waals surface area contributed by atoms with Gasteiger partial charge in [-0.15, -0.1) is 6.58 Å². The van der Waals surface area contributed by atoms with Gasteiger partial charge in [0, 0.05) is 28.6 Å². The van der Waals surface area contributed by atoms with Crippen LogP contribution in [0.25, 0.3) is 0 Å². The Morgan fingerprint density at radius 2 is 2.05 bits per heavy atom. The summed E-state index contributed by atoms with van der Waals surface area (Å²) in [6.07, 6.45) is 4.51. The summed E-state index contributed by atoms with van der Waals surface area (Å²) in [7, 11) is -1.14. The number of aryl methyl sites for hydroxylation is 1. The Balaban J connectivity index is 1.45. The molecule has 9 heteroatoms. The summed E-state index contributed by atoms with van der Waals surface area (Å²) in [6, 6.07) is 1.79. The number of rotatable bonds is 6. The van der Waals surface area contributed by atoms with Crippen LogP contribution in [0.3, 0.4) is 0 Å². The molecule has 1 aromatic carbocycles. The Morgan fingerprint density at radius 1 is 1.32 bits per heavy atom. The summed E-state index contributed by atoms with van der Waals surface area (Å²) >= 11 is 6.57. The lowest BCUT2D eigenvalue weighted by Crippen LogP contribution is -2.63. The normalized spacial score (nSPS) is 38.8. The van der Waals surface area contributed by atoms with Crippen LogP contribution in [-0.2, 0) is 32.0 Å². The van der Waals surface area contributed by atoms with Crippen LogP contribution >= 0.6 is 11.6 Å². The van der Waals surface area contributed by atoms with Crippen LogP contribution in [0.5, 0.6) is 5.75 Å². The summed E-state index contributed by atoms with van der Waals surface area (Å²) in [6.45, 7) is 14.3. The summed E-state index contributed by atoms with van der Waals surface area (Å²) in [5.74, 6) is -0.304. The minimum Gasteiger partial charge on any atom is -0.480 e. The SMILES string of the molecule is C=C[C@]1(C)C[C@@H](OC(=O)COc2cc(CC)c3c(c2Cl)B(O)OC3)[C@]2(C)[C@H](C)CC[C@]3(CCC(=O)[C@H]32)[C@@H](C)[C@@H]1O. The van der Waals surface area contributed by atoms with Crippen molar-refractivity contribution >= 4 is 35.9 Å². The van der Waals surface area contributed by atoms with Gasteiger partial charge in [-0.3, -0.25) is 4.79 Å². The van der Waals surface area contributed by atoms with Gasteiger partial charge in [-0.05, 0) is 66.5 Å². The van der Waals surface area contributed by atoms with Crippen molar-refractivity contribution in [2.24, 2.45) is 34.0 Å². The minimum atomic E-state index is -1.14. The molecule has 0 radical (unpaired) electrons. The van der Waals surface area contributed by atoms with Gasteiger partial charge in [0.25, 0.3) is 0 Å². The molecule has 1 heterocycles. The van der Waals surface area contributed by atoms with E-state index in [-0.39, 0.29) is 47.2 Å². The van der Waals surface area contributed by atoms with Crippen LogP contribution in [0.2, 0.25) is 5.02 Å². The van der Waals surface area contributed by atoms with Crippen LogP contribution in [-0.4, -0.2) is 47.8 Å². The number of ether oxygens (including phenoxy) is 2. The van der Waals surface area contributed by atoms with Crippen molar-refractivity contribution in [3.05, 3.63) is 34.9 Å². The fourth-order valence-corrected chi connectivity index (χ4v) is 8.99. The molecule has 0 aromatic heterocycles. The molecule has 3 saturated carbocycles. The summed E-state index contributed by atoms with van der Waals surface area (Å²) in [4.78, 5) is 27.0. The second kappa shape index (κ2) is 10.4. The van der Waals surface area contributed by atoms with Gasteiger partial charge in [0.05, 0.1) is 17.7 Å². The van der Waals surface area contributed by atoms with E-state index in [4.69, 9.17) is 25.7 Å². The second-order valence-electron chi connectivity index (χ2n) is 13.1. The van der Waals surface area contributed by atoms with Crippen LogP contribution in [0.15, 0.2) is 18.7 Å². The molecule has 8 atom stereocenters. The third-order valence-corrected chi connectivity index (χ3v) is 11.8. The van der Waals surface area contributed by atoms with Gasteiger partial charge in [0.1, 0.15) is 17.6 Å². The number of esters is 1. The molecule has 1 aromatic rings. The quantitative estimate of drug-likeness (QED) is 0.296. The topological polar surface area (TPSA) is 102 Å². The molecular weight excluding hydrogens is 531 g/mol. The van der Waals surface area contributed by atoms with Gasteiger partial charge in [0.2, 0.25) is 0 Å². The van der Waals surface area contributed by atoms with Crippen LogP contribution in [0, 0.1) is 34.0 Å². The molecule has 2 bridgehead atoms. The fraction of sp³-hybridized carbons (Fsp3) is 0.677. The van der Waals surface area contributed by atoms with Gasteiger partial charge in [-0.1, -0.05) is 52.3 Å². The Labute approximate surface area is 242 Å². The zero-order valence-electron chi connectivity index (χ0n) is 24.3. The van der Waals surface area contributed by atoms with Gasteiger partial charge in [-0.2, -0.15) is 0 Å². The number of hydrogen-bond donors (Lipinski definition) is 2. The highest BCUT2D eigenvalue weighted by atomic mass is 35.5. The number of halogens is 1. The van der Waals surface area contributed by atoms with E-state index < -0.39 is 36.1 Å². The summed E-state index contributed by atoms with van der Waals surface area (Å²) < 4.78 is 17.5. The van der Waals surface area contributed by atoms with Gasteiger partial charge >= 0.3 is 13.1 Å². The highest BCUT2D eigenvalue weighted by Gasteiger charge is 2.68. The number of Topliss-reactive ketones (excluding diaryl/α,β-unsaturated/α-hetero) is 1. The van der Waals surface area contributed by atoms with Crippen LogP contribution in [0.1, 0.15) is 77.8 Å². The number of benzene rings is 1. The molecule has 0 amide bonds. The Hall–Kier alpha value is -1.87. The maximum Gasteiger partial charge on any atom is 0.493 e. The molecule has 40 heavy (non-hydrogen) atoms. The molecule has 2 N–H and O–H groups in total. The first-order valence-electron chi connectivity index (χ1n) is 14.6. The monoisotopic (exact) mass is 572 g/mol. The number of hydrogen-bond acceptors (Lipinski definition) is 7. The van der Waals surface area contributed by atoms with E-state index in [2.05, 4.69) is 27.4 Å². The van der Waals surface area contributed by atoms with Crippen molar-refractivity contribution in [3.63, 3.8) is 0 Å². The fourth-order valence-electron chi connectivity index (χ4n) is 8.67. The first-order valence-corrected chi connectivity index (χ1v) is 15.0. The van der Waals surface area contributed by atoms with E-state index in [0.717, 1.165) is 30.4 Å². The number of carbonyl (C=O) groups excluding carboxylic acids is 2. The third kappa shape index (κ3) is 4.28. The van der Waals surface area contributed by atoms with Crippen molar-refractivity contribution in [1.29, 1.82) is 0 Å². The molecule has 0 unspecified atom stereocenters. The van der Waals surface area contributed by atoms with Crippen LogP contribution in [0.4, 0.5) is 0 Å². The number of ketones is 1. The first-order chi connectivity index (χ1) is 18.8. The molecule has 7 nitrogen and oxygen atoms in total. The number of aliphatic hydroxyl groups excluding tert-OH is 1. The highest BCUT2D eigenvalue weighted by Crippen LogP contribution is 2.68. The average Bonchev–Trinajstić information content (AvgIpc) is 3.50. The zero-order chi connectivity index (χ0) is 29.2. The first kappa shape index (κ1) is 29.6. The molecule has 3 aliphatic carbocycles. The third-order valence-electron chi connectivity index (χ3n) is 11.4. The van der Waals surface area contributed by atoms with Gasteiger partial charge < -0.3 is 24.3 Å². The zero-order valence-corrected chi connectivity index (χ0v) is 25.1. The molecule has 218 valence electrons.